The predicted molar refractivity (Wildman–Crippen MR) is 142 cm³/mol. The third-order valence-corrected chi connectivity index (χ3v) is 5.86. The van der Waals surface area contributed by atoms with Crippen molar-refractivity contribution >= 4 is 33.8 Å². The van der Waals surface area contributed by atoms with Crippen molar-refractivity contribution in [2.24, 2.45) is 10.2 Å². The number of carboxylic acid groups (broad SMARTS) is 1. The summed E-state index contributed by atoms with van der Waals surface area (Å²) in [7, 11) is 0. The van der Waals surface area contributed by atoms with Crippen LogP contribution in [-0.2, 0) is 13.1 Å². The fraction of sp³-hybridized carbons (Fsp3) is 0.0690. The molecule has 5 rings (SSSR count). The first-order chi connectivity index (χ1) is 18.1. The number of carboxylic acids is 1. The number of anilines is 1. The Morgan fingerprint density at radius 3 is 2.00 bits per heavy atom. The molecule has 37 heavy (non-hydrogen) atoms. The van der Waals surface area contributed by atoms with Gasteiger partial charge in [-0.3, -0.25) is 9.97 Å². The standard InChI is InChI=1S/C29H23N5O3/c35-28-26(29(36)37)17-20-7-1-2-10-25(20)27(28)33-32-21-11-13-24(14-12-21)34(18-22-8-3-5-15-30-22)19-23-9-4-6-16-31-23/h1-17,35H,18-19H2,(H,36,37). The number of aromatic hydroxyl groups is 1. The summed E-state index contributed by atoms with van der Waals surface area (Å²) in [6.07, 6.45) is 3.55. The van der Waals surface area contributed by atoms with Gasteiger partial charge in [-0.2, -0.15) is 5.11 Å². The van der Waals surface area contributed by atoms with Gasteiger partial charge in [0.2, 0.25) is 0 Å². The van der Waals surface area contributed by atoms with Gasteiger partial charge in [-0.05, 0) is 60.0 Å². The largest absolute Gasteiger partial charge is 0.505 e. The third-order valence-electron chi connectivity index (χ3n) is 5.86. The molecule has 0 unspecified atom stereocenters. The third kappa shape index (κ3) is 5.43. The summed E-state index contributed by atoms with van der Waals surface area (Å²) in [6, 6.07) is 27.7. The van der Waals surface area contributed by atoms with Gasteiger partial charge >= 0.3 is 5.97 Å². The first-order valence-corrected chi connectivity index (χ1v) is 11.6. The van der Waals surface area contributed by atoms with Gasteiger partial charge in [0, 0.05) is 23.5 Å². The molecule has 0 aliphatic heterocycles. The van der Waals surface area contributed by atoms with E-state index < -0.39 is 11.7 Å². The van der Waals surface area contributed by atoms with E-state index in [2.05, 4.69) is 25.1 Å². The highest BCUT2D eigenvalue weighted by Crippen LogP contribution is 2.39. The number of aromatic carboxylic acids is 1. The Bertz CT molecular complexity index is 1510. The lowest BCUT2D eigenvalue weighted by molar-refractivity contribution is 0.0694. The van der Waals surface area contributed by atoms with E-state index in [-0.39, 0.29) is 11.3 Å². The predicted octanol–water partition coefficient (Wildman–Crippen LogP) is 6.66. The van der Waals surface area contributed by atoms with Gasteiger partial charge < -0.3 is 15.1 Å². The number of phenols is 1. The van der Waals surface area contributed by atoms with Crippen LogP contribution in [0.25, 0.3) is 10.8 Å². The molecule has 0 radical (unpaired) electrons. The van der Waals surface area contributed by atoms with Gasteiger partial charge in [0.15, 0.2) is 5.75 Å². The van der Waals surface area contributed by atoms with Crippen LogP contribution in [0.15, 0.2) is 114 Å². The Kier molecular flexibility index (Phi) is 6.80. The number of benzene rings is 3. The summed E-state index contributed by atoms with van der Waals surface area (Å²) in [5.74, 6) is -1.64. The van der Waals surface area contributed by atoms with Crippen molar-refractivity contribution in [3.05, 3.63) is 120 Å². The summed E-state index contributed by atoms with van der Waals surface area (Å²) < 4.78 is 0. The van der Waals surface area contributed by atoms with E-state index in [9.17, 15) is 15.0 Å². The molecule has 2 N–H and O–H groups in total. The number of rotatable bonds is 8. The van der Waals surface area contributed by atoms with Crippen molar-refractivity contribution in [2.75, 3.05) is 4.90 Å². The minimum Gasteiger partial charge on any atom is -0.505 e. The van der Waals surface area contributed by atoms with Crippen LogP contribution in [0.5, 0.6) is 5.75 Å². The summed E-state index contributed by atoms with van der Waals surface area (Å²) in [6.45, 7) is 1.19. The van der Waals surface area contributed by atoms with Crippen molar-refractivity contribution in [1.29, 1.82) is 0 Å². The molecule has 0 amide bonds. The molecule has 8 heteroatoms. The van der Waals surface area contributed by atoms with Crippen LogP contribution in [0, 0.1) is 0 Å². The molecule has 2 heterocycles. The fourth-order valence-corrected chi connectivity index (χ4v) is 4.03. The highest BCUT2D eigenvalue weighted by molar-refractivity contribution is 6.04. The summed E-state index contributed by atoms with van der Waals surface area (Å²) in [5.41, 5.74) is 3.28. The minimum atomic E-state index is -1.23. The minimum absolute atomic E-state index is 0.117. The van der Waals surface area contributed by atoms with Gasteiger partial charge in [-0.25, -0.2) is 4.79 Å². The summed E-state index contributed by atoms with van der Waals surface area (Å²) in [5, 5.41) is 29.9. The molecule has 0 fully saturated rings. The van der Waals surface area contributed by atoms with Gasteiger partial charge in [0.1, 0.15) is 11.3 Å². The van der Waals surface area contributed by atoms with E-state index in [1.54, 1.807) is 36.7 Å². The topological polar surface area (TPSA) is 111 Å². The Morgan fingerprint density at radius 2 is 1.41 bits per heavy atom. The van der Waals surface area contributed by atoms with Gasteiger partial charge in [-0.1, -0.05) is 36.4 Å². The number of azo groups is 1. The van der Waals surface area contributed by atoms with Crippen molar-refractivity contribution < 1.29 is 15.0 Å². The number of fused-ring (bicyclic) bond motifs is 1. The Labute approximate surface area is 213 Å². The van der Waals surface area contributed by atoms with E-state index in [1.165, 1.54) is 6.07 Å². The lowest BCUT2D eigenvalue weighted by Crippen LogP contribution is -2.23. The Morgan fingerprint density at radius 1 is 0.784 bits per heavy atom. The van der Waals surface area contributed by atoms with E-state index in [0.29, 0.717) is 29.5 Å². The number of nitrogens with zero attached hydrogens (tertiary/aromatic N) is 5. The highest BCUT2D eigenvalue weighted by Gasteiger charge is 2.17. The van der Waals surface area contributed by atoms with Crippen molar-refractivity contribution in [3.8, 4) is 5.75 Å². The number of hydrogen-bond acceptors (Lipinski definition) is 7. The monoisotopic (exact) mass is 489 g/mol. The number of hydrogen-bond donors (Lipinski definition) is 2. The number of carbonyl (C=O) groups is 1. The average molecular weight is 490 g/mol. The van der Waals surface area contributed by atoms with Crippen LogP contribution in [-0.4, -0.2) is 26.2 Å². The maximum atomic E-state index is 11.6. The van der Waals surface area contributed by atoms with E-state index in [1.807, 2.05) is 60.7 Å². The van der Waals surface area contributed by atoms with E-state index in [4.69, 9.17) is 0 Å². The zero-order chi connectivity index (χ0) is 25.6. The highest BCUT2D eigenvalue weighted by atomic mass is 16.4. The van der Waals surface area contributed by atoms with Gasteiger partial charge in [0.25, 0.3) is 0 Å². The average Bonchev–Trinajstić information content (AvgIpc) is 2.93. The summed E-state index contributed by atoms with van der Waals surface area (Å²) >= 11 is 0. The van der Waals surface area contributed by atoms with E-state index in [0.717, 1.165) is 17.1 Å². The zero-order valence-electron chi connectivity index (χ0n) is 19.8. The molecule has 3 aromatic carbocycles. The lowest BCUT2D eigenvalue weighted by Gasteiger charge is -2.24. The molecule has 0 saturated carbocycles. The first-order valence-electron chi connectivity index (χ1n) is 11.6. The normalized spacial score (nSPS) is 11.1. The molecule has 0 spiro atoms. The second kappa shape index (κ2) is 10.7. The van der Waals surface area contributed by atoms with Crippen molar-refractivity contribution in [3.63, 3.8) is 0 Å². The van der Waals surface area contributed by atoms with Gasteiger partial charge in [0.05, 0.1) is 30.2 Å². The molecule has 0 atom stereocenters. The van der Waals surface area contributed by atoms with Crippen LogP contribution in [0.1, 0.15) is 21.7 Å². The Hall–Kier alpha value is -5.11. The molecule has 0 bridgehead atoms. The number of pyridine rings is 2. The van der Waals surface area contributed by atoms with Crippen LogP contribution in [0.4, 0.5) is 17.1 Å². The van der Waals surface area contributed by atoms with E-state index >= 15 is 0 Å². The van der Waals surface area contributed by atoms with Crippen LogP contribution < -0.4 is 4.90 Å². The maximum Gasteiger partial charge on any atom is 0.339 e. The molecular weight excluding hydrogens is 466 g/mol. The van der Waals surface area contributed by atoms with Crippen molar-refractivity contribution in [1.82, 2.24) is 9.97 Å². The van der Waals surface area contributed by atoms with Crippen LogP contribution in [0.3, 0.4) is 0 Å². The van der Waals surface area contributed by atoms with Gasteiger partial charge in [-0.15, -0.1) is 5.11 Å². The molecule has 0 aliphatic carbocycles. The molecule has 0 aliphatic rings. The summed E-state index contributed by atoms with van der Waals surface area (Å²) in [4.78, 5) is 22.7. The first kappa shape index (κ1) is 23.6. The SMILES string of the molecule is O=C(O)c1cc2ccccc2c(N=Nc2ccc(N(Cc3ccccn3)Cc3ccccn3)cc2)c1O. The van der Waals surface area contributed by atoms with Crippen molar-refractivity contribution in [2.45, 2.75) is 13.1 Å². The second-order valence-corrected chi connectivity index (χ2v) is 8.36. The zero-order valence-corrected chi connectivity index (χ0v) is 19.8. The fourth-order valence-electron chi connectivity index (χ4n) is 4.03. The molecular formula is C29H23N5O3. The smallest absolute Gasteiger partial charge is 0.339 e. The van der Waals surface area contributed by atoms with Crippen LogP contribution in [0.2, 0.25) is 0 Å². The second-order valence-electron chi connectivity index (χ2n) is 8.36. The van der Waals surface area contributed by atoms with Crippen LogP contribution >= 0.6 is 0 Å². The molecule has 5 aromatic rings. The molecule has 8 nitrogen and oxygen atoms in total. The quantitative estimate of drug-likeness (QED) is 0.236. The number of aromatic nitrogens is 2. The lowest BCUT2D eigenvalue weighted by atomic mass is 10.0. The molecule has 0 saturated heterocycles. The Balaban J connectivity index is 1.44. The maximum absolute atomic E-state index is 11.6. The molecule has 2 aromatic heterocycles. The molecule has 182 valence electrons.